The molecule has 2 heterocycles. The summed E-state index contributed by atoms with van der Waals surface area (Å²) in [6, 6.07) is 7.04. The molecule has 1 aliphatic carbocycles. The standard InChI is InChI=1S/C20H23ClN6O3/c1-12-6-7-13(19(25-30)24-16-10-15(16)18(21)28)11-26(12)20(29)14-4-2-3-5-17(14)27-22-8-9-23-27/h2-5,8-9,12-13,15-16,30H,6-7,10-11H2,1H3,(H,24,25)/t12-,13-,15?,16?/m1/s1. The fraction of sp³-hybridized carbons (Fsp3) is 0.450. The Kier molecular flexibility index (Phi) is 5.83. The van der Waals surface area contributed by atoms with Crippen LogP contribution in [0.15, 0.2) is 41.7 Å². The number of amidine groups is 1. The topological polar surface area (TPSA) is 113 Å². The van der Waals surface area contributed by atoms with E-state index in [-0.39, 0.29) is 29.8 Å². The second kappa shape index (κ2) is 8.53. The van der Waals surface area contributed by atoms with Gasteiger partial charge in [-0.15, -0.1) is 0 Å². The molecule has 1 aliphatic heterocycles. The minimum absolute atomic E-state index is 0.0328. The molecule has 0 spiro atoms. The maximum atomic E-state index is 13.4. The van der Waals surface area contributed by atoms with Gasteiger partial charge in [-0.1, -0.05) is 12.1 Å². The molecule has 1 amide bonds. The van der Waals surface area contributed by atoms with Crippen LogP contribution in [-0.2, 0) is 4.79 Å². The molecule has 1 aromatic heterocycles. The summed E-state index contributed by atoms with van der Waals surface area (Å²) in [6.07, 6.45) is 5.25. The van der Waals surface area contributed by atoms with Crippen molar-refractivity contribution >= 4 is 28.6 Å². The highest BCUT2D eigenvalue weighted by atomic mass is 35.5. The summed E-state index contributed by atoms with van der Waals surface area (Å²) in [5.74, 6) is -0.176. The summed E-state index contributed by atoms with van der Waals surface area (Å²) in [5, 5.41) is 17.5. The van der Waals surface area contributed by atoms with Crippen molar-refractivity contribution in [1.29, 1.82) is 0 Å². The van der Waals surface area contributed by atoms with Crippen LogP contribution in [0.1, 0.15) is 36.5 Å². The van der Waals surface area contributed by atoms with Gasteiger partial charge in [-0.2, -0.15) is 15.0 Å². The predicted octanol–water partition coefficient (Wildman–Crippen LogP) is 2.04. The molecule has 4 rings (SSSR count). The van der Waals surface area contributed by atoms with Crippen molar-refractivity contribution in [3.05, 3.63) is 42.2 Å². The Morgan fingerprint density at radius 2 is 1.97 bits per heavy atom. The van der Waals surface area contributed by atoms with E-state index in [2.05, 4.69) is 20.7 Å². The molecule has 30 heavy (non-hydrogen) atoms. The van der Waals surface area contributed by atoms with Gasteiger partial charge >= 0.3 is 0 Å². The zero-order valence-electron chi connectivity index (χ0n) is 16.5. The van der Waals surface area contributed by atoms with Crippen LogP contribution in [0.4, 0.5) is 0 Å². The number of aromatic nitrogens is 3. The largest absolute Gasteiger partial charge is 0.335 e. The highest BCUT2D eigenvalue weighted by Gasteiger charge is 2.43. The van der Waals surface area contributed by atoms with E-state index in [0.29, 0.717) is 30.1 Å². The minimum atomic E-state index is -0.404. The van der Waals surface area contributed by atoms with Crippen molar-refractivity contribution in [2.75, 3.05) is 6.54 Å². The Morgan fingerprint density at radius 3 is 2.63 bits per heavy atom. The fourth-order valence-electron chi connectivity index (χ4n) is 3.91. The molecular weight excluding hydrogens is 408 g/mol. The van der Waals surface area contributed by atoms with E-state index in [1.54, 1.807) is 29.4 Å². The van der Waals surface area contributed by atoms with Crippen LogP contribution in [0.3, 0.4) is 0 Å². The molecule has 2 aliphatic rings. The maximum Gasteiger partial charge on any atom is 0.256 e. The van der Waals surface area contributed by atoms with Gasteiger partial charge in [-0.3, -0.25) is 25.3 Å². The number of amides is 1. The Morgan fingerprint density at radius 1 is 1.23 bits per heavy atom. The van der Waals surface area contributed by atoms with Crippen molar-refractivity contribution in [3.8, 4) is 5.69 Å². The summed E-state index contributed by atoms with van der Waals surface area (Å²) in [7, 11) is 0. The Labute approximate surface area is 178 Å². The predicted molar refractivity (Wildman–Crippen MR) is 110 cm³/mol. The average molecular weight is 431 g/mol. The summed E-state index contributed by atoms with van der Waals surface area (Å²) in [5.41, 5.74) is 3.30. The number of carbonyl (C=O) groups excluding carboxylic acids is 2. The SMILES string of the molecule is C[C@@H]1CC[C@@H](/C(=N/C2CC2C(=O)Cl)NO)CN1C(=O)c1ccccc1-n1nccn1. The first-order chi connectivity index (χ1) is 14.5. The fourth-order valence-corrected chi connectivity index (χ4v) is 4.14. The number of carbonyl (C=O) groups is 2. The van der Waals surface area contributed by atoms with Gasteiger partial charge in [0, 0.05) is 18.5 Å². The third-order valence-corrected chi connectivity index (χ3v) is 6.05. The zero-order valence-corrected chi connectivity index (χ0v) is 17.2. The summed E-state index contributed by atoms with van der Waals surface area (Å²) >= 11 is 5.53. The smallest absolute Gasteiger partial charge is 0.256 e. The van der Waals surface area contributed by atoms with E-state index in [1.165, 1.54) is 4.80 Å². The van der Waals surface area contributed by atoms with Gasteiger partial charge < -0.3 is 4.90 Å². The molecule has 9 nitrogen and oxygen atoms in total. The quantitative estimate of drug-likeness (QED) is 0.325. The molecule has 1 saturated carbocycles. The second-order valence-electron chi connectivity index (χ2n) is 7.76. The zero-order chi connectivity index (χ0) is 21.3. The highest BCUT2D eigenvalue weighted by Crippen LogP contribution is 2.36. The van der Waals surface area contributed by atoms with Crippen LogP contribution in [0.25, 0.3) is 5.69 Å². The number of aliphatic imine (C=N–C) groups is 1. The number of para-hydroxylation sites is 1. The van der Waals surface area contributed by atoms with Crippen molar-refractivity contribution in [3.63, 3.8) is 0 Å². The highest BCUT2D eigenvalue weighted by molar-refractivity contribution is 6.64. The van der Waals surface area contributed by atoms with Gasteiger partial charge in [0.15, 0.2) is 0 Å². The number of hydroxylamine groups is 1. The van der Waals surface area contributed by atoms with Gasteiger partial charge in [0.2, 0.25) is 5.24 Å². The van der Waals surface area contributed by atoms with Crippen LogP contribution in [0.5, 0.6) is 0 Å². The lowest BCUT2D eigenvalue weighted by Crippen LogP contribution is -2.49. The van der Waals surface area contributed by atoms with E-state index in [4.69, 9.17) is 11.6 Å². The van der Waals surface area contributed by atoms with Crippen molar-refractivity contribution in [1.82, 2.24) is 25.4 Å². The Balaban J connectivity index is 1.55. The Hall–Kier alpha value is -2.78. The van der Waals surface area contributed by atoms with Crippen LogP contribution in [0.2, 0.25) is 0 Å². The van der Waals surface area contributed by atoms with E-state index >= 15 is 0 Å². The molecule has 10 heteroatoms. The normalized spacial score (nSPS) is 26.4. The van der Waals surface area contributed by atoms with Gasteiger partial charge in [0.05, 0.1) is 35.6 Å². The number of hydrogen-bond donors (Lipinski definition) is 2. The molecule has 0 radical (unpaired) electrons. The number of benzene rings is 1. The molecule has 0 bridgehead atoms. The molecule has 1 saturated heterocycles. The number of likely N-dealkylation sites (tertiary alicyclic amines) is 1. The summed E-state index contributed by atoms with van der Waals surface area (Å²) < 4.78 is 0. The molecule has 158 valence electrons. The van der Waals surface area contributed by atoms with Crippen molar-refractivity contribution in [2.24, 2.45) is 16.8 Å². The first-order valence-corrected chi connectivity index (χ1v) is 10.3. The number of halogens is 1. The maximum absolute atomic E-state index is 13.4. The molecule has 2 N–H and O–H groups in total. The second-order valence-corrected chi connectivity index (χ2v) is 8.13. The molecule has 2 fully saturated rings. The van der Waals surface area contributed by atoms with Gasteiger partial charge in [0.1, 0.15) is 5.84 Å². The van der Waals surface area contributed by atoms with Crippen molar-refractivity contribution in [2.45, 2.75) is 38.3 Å². The summed E-state index contributed by atoms with van der Waals surface area (Å²) in [4.78, 5) is 32.4. The first kappa shape index (κ1) is 20.5. The van der Waals surface area contributed by atoms with E-state index < -0.39 is 5.24 Å². The van der Waals surface area contributed by atoms with Gasteiger partial charge in [-0.05, 0) is 49.9 Å². The number of nitrogens with zero attached hydrogens (tertiary/aromatic N) is 5. The van der Waals surface area contributed by atoms with Gasteiger partial charge in [0.25, 0.3) is 5.91 Å². The van der Waals surface area contributed by atoms with Gasteiger partial charge in [-0.25, -0.2) is 0 Å². The lowest BCUT2D eigenvalue weighted by atomic mass is 9.91. The third-order valence-electron chi connectivity index (χ3n) is 5.77. The number of nitrogens with one attached hydrogen (secondary N) is 1. The van der Waals surface area contributed by atoms with Crippen LogP contribution in [0, 0.1) is 11.8 Å². The average Bonchev–Trinajstić information content (AvgIpc) is 3.32. The molecule has 4 atom stereocenters. The number of hydrogen-bond acceptors (Lipinski definition) is 6. The minimum Gasteiger partial charge on any atom is -0.335 e. The monoisotopic (exact) mass is 430 g/mol. The van der Waals surface area contributed by atoms with Crippen LogP contribution < -0.4 is 5.48 Å². The lowest BCUT2D eigenvalue weighted by Gasteiger charge is -2.38. The lowest BCUT2D eigenvalue weighted by molar-refractivity contribution is -0.112. The first-order valence-electron chi connectivity index (χ1n) is 9.93. The van der Waals surface area contributed by atoms with E-state index in [9.17, 15) is 14.8 Å². The van der Waals surface area contributed by atoms with E-state index in [0.717, 1.165) is 12.8 Å². The molecular formula is C20H23ClN6O3. The van der Waals surface area contributed by atoms with Crippen molar-refractivity contribution < 1.29 is 14.8 Å². The number of rotatable bonds is 5. The van der Waals surface area contributed by atoms with E-state index in [1.807, 2.05) is 19.1 Å². The molecule has 1 aromatic carbocycles. The van der Waals surface area contributed by atoms with Crippen LogP contribution in [-0.4, -0.2) is 60.7 Å². The molecule has 2 aromatic rings. The molecule has 2 unspecified atom stereocenters. The van der Waals surface area contributed by atoms with Crippen LogP contribution >= 0.6 is 11.6 Å². The third kappa shape index (κ3) is 4.08. The summed E-state index contributed by atoms with van der Waals surface area (Å²) in [6.45, 7) is 2.41. The number of piperidine rings is 1. The Bertz CT molecular complexity index is 963.